The summed E-state index contributed by atoms with van der Waals surface area (Å²) in [4.78, 5) is 4.34. The molecule has 0 unspecified atom stereocenters. The quantitative estimate of drug-likeness (QED) is 0.631. The Morgan fingerprint density at radius 1 is 0.562 bits per heavy atom. The van der Waals surface area contributed by atoms with E-state index in [1.807, 2.05) is 25.0 Å². The van der Waals surface area contributed by atoms with Gasteiger partial charge in [0.15, 0.2) is 0 Å². The molecule has 0 aliphatic rings. The summed E-state index contributed by atoms with van der Waals surface area (Å²) in [6.07, 6.45) is 8.11. The second kappa shape index (κ2) is 6.95. The average molecular weight is 331 g/mol. The van der Waals surface area contributed by atoms with Crippen LogP contribution in [-0.4, -0.2) is 25.0 Å². The topological polar surface area (TPSA) is 0 Å². The Labute approximate surface area is 124 Å². The minimum Gasteiger partial charge on any atom is -0.127 e. The molecule has 0 saturated heterocycles. The lowest BCUT2D eigenvalue weighted by Gasteiger charge is -2.17. The molecule has 0 amide bonds. The molecule has 1 aromatic rings. The molecule has 0 atom stereocenters. The number of hydrogen-bond acceptors (Lipinski definition) is 4. The summed E-state index contributed by atoms with van der Waals surface area (Å²) in [6, 6.07) is 0. The second-order valence-electron chi connectivity index (χ2n) is 2.76. The molecule has 0 spiro atoms. The van der Waals surface area contributed by atoms with Gasteiger partial charge in [-0.25, -0.2) is 0 Å². The molecule has 0 aliphatic carbocycles. The normalized spacial score (nSPS) is 10.9. The van der Waals surface area contributed by atoms with Crippen LogP contribution in [0.15, 0.2) is 19.6 Å². The second-order valence-corrected chi connectivity index (χ2v) is 6.78. The minimum atomic E-state index is 0.832. The maximum Gasteiger partial charge on any atom is 0.0701 e. The zero-order valence-electron chi connectivity index (χ0n) is 9.39. The van der Waals surface area contributed by atoms with Gasteiger partial charge in [0.05, 0.1) is 10.0 Å². The maximum absolute atomic E-state index is 6.42. The Morgan fingerprint density at radius 2 is 0.750 bits per heavy atom. The van der Waals surface area contributed by atoms with Gasteiger partial charge in [-0.15, -0.1) is 47.0 Å². The smallest absolute Gasteiger partial charge is 0.0701 e. The molecular weight excluding hydrogens is 319 g/mol. The first-order chi connectivity index (χ1) is 7.62. The number of hydrogen-bond donors (Lipinski definition) is 0. The summed E-state index contributed by atoms with van der Waals surface area (Å²) in [5.41, 5.74) is 0. The third kappa shape index (κ3) is 2.78. The summed E-state index contributed by atoms with van der Waals surface area (Å²) in [5, 5.41) is 1.66. The Hall–Kier alpha value is 1.20. The van der Waals surface area contributed by atoms with E-state index in [1.54, 1.807) is 47.0 Å². The molecule has 16 heavy (non-hydrogen) atoms. The monoisotopic (exact) mass is 330 g/mol. The summed E-state index contributed by atoms with van der Waals surface area (Å²) >= 11 is 19.4. The Morgan fingerprint density at radius 3 is 0.875 bits per heavy atom. The molecule has 0 aromatic heterocycles. The van der Waals surface area contributed by atoms with Gasteiger partial charge in [-0.05, 0) is 25.0 Å². The molecule has 0 fully saturated rings. The van der Waals surface area contributed by atoms with Crippen molar-refractivity contribution < 1.29 is 0 Å². The van der Waals surface area contributed by atoms with E-state index in [9.17, 15) is 0 Å². The fraction of sp³-hybridized carbons (Fsp3) is 0.400. The molecular formula is C10H12Cl2S4. The molecule has 6 heteroatoms. The van der Waals surface area contributed by atoms with E-state index in [1.165, 1.54) is 0 Å². The van der Waals surface area contributed by atoms with Crippen LogP contribution in [0.4, 0.5) is 0 Å². The molecule has 1 rings (SSSR count). The minimum absolute atomic E-state index is 0.832. The van der Waals surface area contributed by atoms with Crippen LogP contribution in [0, 0.1) is 0 Å². The van der Waals surface area contributed by atoms with Gasteiger partial charge in [0.25, 0.3) is 0 Å². The van der Waals surface area contributed by atoms with Gasteiger partial charge in [-0.3, -0.25) is 0 Å². The lowest BCUT2D eigenvalue weighted by atomic mass is 10.3. The van der Waals surface area contributed by atoms with Crippen molar-refractivity contribution in [1.82, 2.24) is 0 Å². The van der Waals surface area contributed by atoms with Gasteiger partial charge in [0, 0.05) is 19.6 Å². The van der Waals surface area contributed by atoms with E-state index in [2.05, 4.69) is 0 Å². The first kappa shape index (κ1) is 15.3. The number of halogens is 2. The Kier molecular flexibility index (Phi) is 6.63. The van der Waals surface area contributed by atoms with Gasteiger partial charge >= 0.3 is 0 Å². The summed E-state index contributed by atoms with van der Waals surface area (Å²) < 4.78 is 0. The molecule has 0 aliphatic heterocycles. The molecule has 0 radical (unpaired) electrons. The lowest BCUT2D eigenvalue weighted by Crippen LogP contribution is -1.90. The van der Waals surface area contributed by atoms with Crippen molar-refractivity contribution in [2.45, 2.75) is 19.6 Å². The summed E-state index contributed by atoms with van der Waals surface area (Å²) in [6.45, 7) is 0. The SMILES string of the molecule is CSc1c(Cl)c(SC)c(SC)c(Cl)c1SC. The van der Waals surface area contributed by atoms with Crippen molar-refractivity contribution >= 4 is 70.2 Å². The standard InChI is InChI=1S/C10H12Cl2S4/c1-13-7-5(11)9(15-3)10(16-4)6(12)8(7)14-2/h1-4H3. The molecule has 0 saturated carbocycles. The largest absolute Gasteiger partial charge is 0.127 e. The van der Waals surface area contributed by atoms with Crippen LogP contribution in [0.2, 0.25) is 10.0 Å². The third-order valence-corrected chi connectivity index (χ3v) is 6.75. The summed E-state index contributed by atoms with van der Waals surface area (Å²) in [5.74, 6) is 0. The Bertz CT molecular complexity index is 323. The van der Waals surface area contributed by atoms with Crippen LogP contribution in [0.5, 0.6) is 0 Å². The van der Waals surface area contributed by atoms with Crippen molar-refractivity contribution in [2.75, 3.05) is 25.0 Å². The van der Waals surface area contributed by atoms with Crippen LogP contribution >= 0.6 is 70.2 Å². The lowest BCUT2D eigenvalue weighted by molar-refractivity contribution is 1.10. The van der Waals surface area contributed by atoms with Gasteiger partial charge in [-0.2, -0.15) is 0 Å². The Balaban J connectivity index is 3.60. The van der Waals surface area contributed by atoms with E-state index in [-0.39, 0.29) is 0 Å². The van der Waals surface area contributed by atoms with Crippen LogP contribution in [0.3, 0.4) is 0 Å². The highest BCUT2D eigenvalue weighted by Gasteiger charge is 2.20. The molecule has 0 nitrogen and oxygen atoms in total. The molecule has 0 heterocycles. The average Bonchev–Trinajstić information content (AvgIpc) is 2.30. The van der Waals surface area contributed by atoms with Gasteiger partial charge < -0.3 is 0 Å². The van der Waals surface area contributed by atoms with Crippen molar-refractivity contribution in [3.8, 4) is 0 Å². The van der Waals surface area contributed by atoms with E-state index >= 15 is 0 Å². The first-order valence-corrected chi connectivity index (χ1v) is 9.98. The first-order valence-electron chi connectivity index (χ1n) is 4.33. The highest BCUT2D eigenvalue weighted by molar-refractivity contribution is 8.03. The van der Waals surface area contributed by atoms with Gasteiger partial charge in [-0.1, -0.05) is 23.2 Å². The molecule has 90 valence electrons. The van der Waals surface area contributed by atoms with E-state index in [0.29, 0.717) is 0 Å². The van der Waals surface area contributed by atoms with Crippen molar-refractivity contribution in [3.05, 3.63) is 10.0 Å². The fourth-order valence-corrected chi connectivity index (χ4v) is 6.27. The highest BCUT2D eigenvalue weighted by atomic mass is 35.5. The third-order valence-electron chi connectivity index (χ3n) is 2.03. The number of benzene rings is 1. The van der Waals surface area contributed by atoms with E-state index < -0.39 is 0 Å². The van der Waals surface area contributed by atoms with Crippen LogP contribution < -0.4 is 0 Å². The van der Waals surface area contributed by atoms with E-state index in [4.69, 9.17) is 23.2 Å². The molecule has 0 bridgehead atoms. The van der Waals surface area contributed by atoms with Gasteiger partial charge in [0.1, 0.15) is 0 Å². The number of thioether (sulfide) groups is 4. The molecule has 1 aromatic carbocycles. The molecule has 0 N–H and O–H groups in total. The van der Waals surface area contributed by atoms with Crippen LogP contribution in [-0.2, 0) is 0 Å². The zero-order valence-corrected chi connectivity index (χ0v) is 14.2. The fourth-order valence-electron chi connectivity index (χ4n) is 1.33. The predicted molar refractivity (Wildman–Crippen MR) is 83.6 cm³/mol. The van der Waals surface area contributed by atoms with Crippen LogP contribution in [0.25, 0.3) is 0 Å². The van der Waals surface area contributed by atoms with Crippen molar-refractivity contribution in [3.63, 3.8) is 0 Å². The predicted octanol–water partition coefficient (Wildman–Crippen LogP) is 5.88. The zero-order chi connectivity index (χ0) is 12.3. The number of rotatable bonds is 4. The summed E-state index contributed by atoms with van der Waals surface area (Å²) in [7, 11) is 0. The maximum atomic E-state index is 6.42. The van der Waals surface area contributed by atoms with Gasteiger partial charge in [0.2, 0.25) is 0 Å². The van der Waals surface area contributed by atoms with E-state index in [0.717, 1.165) is 29.6 Å². The van der Waals surface area contributed by atoms with Crippen LogP contribution in [0.1, 0.15) is 0 Å². The van der Waals surface area contributed by atoms with Crippen molar-refractivity contribution in [2.24, 2.45) is 0 Å². The van der Waals surface area contributed by atoms with Crippen molar-refractivity contribution in [1.29, 1.82) is 0 Å². The highest BCUT2D eigenvalue weighted by Crippen LogP contribution is 2.49.